The maximum absolute atomic E-state index is 6.04. The Bertz CT molecular complexity index is 556. The molecule has 3 nitrogen and oxygen atoms in total. The van der Waals surface area contributed by atoms with Gasteiger partial charge in [0.25, 0.3) is 0 Å². The molecular weight excluding hydrogens is 258 g/mol. The van der Waals surface area contributed by atoms with Gasteiger partial charge < -0.3 is 4.57 Å². The van der Waals surface area contributed by atoms with Crippen LogP contribution in [-0.4, -0.2) is 14.5 Å². The quantitative estimate of drug-likeness (QED) is 0.794. The van der Waals surface area contributed by atoms with Crippen molar-refractivity contribution in [3.8, 4) is 0 Å². The largest absolute Gasteiger partial charge is 0.327 e. The van der Waals surface area contributed by atoms with Gasteiger partial charge >= 0.3 is 0 Å². The smallest absolute Gasteiger partial charge is 0.124 e. The molecule has 0 N–H and O–H groups in total. The second-order valence-electron chi connectivity index (χ2n) is 5.76. The lowest BCUT2D eigenvalue weighted by atomic mass is 9.83. The summed E-state index contributed by atoms with van der Waals surface area (Å²) in [5.74, 6) is 3.11. The van der Waals surface area contributed by atoms with Gasteiger partial charge in [-0.3, -0.25) is 4.98 Å². The van der Waals surface area contributed by atoms with E-state index >= 15 is 0 Å². The summed E-state index contributed by atoms with van der Waals surface area (Å²) in [4.78, 5) is 8.72. The molecular formula is C15H20ClN3. The van der Waals surface area contributed by atoms with Gasteiger partial charge in [-0.1, -0.05) is 19.8 Å². The Morgan fingerprint density at radius 3 is 2.84 bits per heavy atom. The topological polar surface area (TPSA) is 30.7 Å². The maximum atomic E-state index is 6.04. The lowest BCUT2D eigenvalue weighted by molar-refractivity contribution is 0.265. The van der Waals surface area contributed by atoms with Crippen molar-refractivity contribution in [1.82, 2.24) is 14.5 Å². The second kappa shape index (κ2) is 5.49. The minimum atomic E-state index is 0.470. The summed E-state index contributed by atoms with van der Waals surface area (Å²) in [5, 5.41) is 0. The number of aromatic nitrogens is 3. The van der Waals surface area contributed by atoms with E-state index in [1.54, 1.807) is 0 Å². The number of imidazole rings is 1. The predicted molar refractivity (Wildman–Crippen MR) is 78.2 cm³/mol. The molecule has 0 spiro atoms. The molecule has 0 saturated heterocycles. The molecule has 4 heteroatoms. The Balaban J connectivity index is 1.87. The molecule has 1 aliphatic carbocycles. The van der Waals surface area contributed by atoms with Gasteiger partial charge in [-0.2, -0.15) is 0 Å². The van der Waals surface area contributed by atoms with Gasteiger partial charge in [0.1, 0.15) is 11.3 Å². The van der Waals surface area contributed by atoms with Crippen LogP contribution in [0.2, 0.25) is 0 Å². The van der Waals surface area contributed by atoms with E-state index in [0.29, 0.717) is 5.88 Å². The lowest BCUT2D eigenvalue weighted by Crippen LogP contribution is -2.18. The van der Waals surface area contributed by atoms with Crippen molar-refractivity contribution in [1.29, 1.82) is 0 Å². The molecule has 1 fully saturated rings. The fraction of sp³-hybridized carbons (Fsp3) is 0.600. The second-order valence-corrected chi connectivity index (χ2v) is 6.03. The molecule has 0 aromatic carbocycles. The molecule has 2 heterocycles. The van der Waals surface area contributed by atoms with Gasteiger partial charge in [0.2, 0.25) is 0 Å². The van der Waals surface area contributed by atoms with Crippen LogP contribution in [0.3, 0.4) is 0 Å². The number of fused-ring (bicyclic) bond motifs is 1. The van der Waals surface area contributed by atoms with Gasteiger partial charge in [-0.25, -0.2) is 4.98 Å². The summed E-state index contributed by atoms with van der Waals surface area (Å²) in [6.07, 6.45) is 9.03. The zero-order valence-electron chi connectivity index (χ0n) is 11.3. The molecule has 19 heavy (non-hydrogen) atoms. The van der Waals surface area contributed by atoms with E-state index in [9.17, 15) is 0 Å². The van der Waals surface area contributed by atoms with Crippen LogP contribution in [0.25, 0.3) is 11.0 Å². The molecule has 0 radical (unpaired) electrons. The molecule has 3 rings (SSSR count). The number of rotatable bonds is 3. The highest BCUT2D eigenvalue weighted by Gasteiger charge is 2.20. The number of halogens is 1. The third-order valence-corrected chi connectivity index (χ3v) is 4.56. The molecule has 2 aromatic heterocycles. The Labute approximate surface area is 119 Å². The zero-order chi connectivity index (χ0) is 13.2. The van der Waals surface area contributed by atoms with E-state index in [-0.39, 0.29) is 0 Å². The number of nitrogens with zero attached hydrogens (tertiary/aromatic N) is 3. The molecule has 0 aliphatic heterocycles. The summed E-state index contributed by atoms with van der Waals surface area (Å²) in [6, 6.07) is 2.05. The van der Waals surface area contributed by atoms with Crippen molar-refractivity contribution in [3.05, 3.63) is 24.3 Å². The zero-order valence-corrected chi connectivity index (χ0v) is 12.1. The van der Waals surface area contributed by atoms with Crippen molar-refractivity contribution < 1.29 is 0 Å². The highest BCUT2D eigenvalue weighted by Crippen LogP contribution is 2.30. The summed E-state index contributed by atoms with van der Waals surface area (Å²) in [6.45, 7) is 3.41. The average Bonchev–Trinajstić information content (AvgIpc) is 2.79. The van der Waals surface area contributed by atoms with Gasteiger partial charge in [0.05, 0.1) is 17.6 Å². The third-order valence-electron chi connectivity index (χ3n) is 4.33. The third kappa shape index (κ3) is 2.62. The minimum Gasteiger partial charge on any atom is -0.327 e. The van der Waals surface area contributed by atoms with Crippen LogP contribution >= 0.6 is 11.6 Å². The maximum Gasteiger partial charge on any atom is 0.124 e. The molecule has 102 valence electrons. The van der Waals surface area contributed by atoms with Crippen LogP contribution in [0.15, 0.2) is 18.5 Å². The van der Waals surface area contributed by atoms with Crippen molar-refractivity contribution in [2.45, 2.75) is 45.0 Å². The Morgan fingerprint density at radius 2 is 2.11 bits per heavy atom. The van der Waals surface area contributed by atoms with Crippen molar-refractivity contribution in [3.63, 3.8) is 0 Å². The van der Waals surface area contributed by atoms with Crippen LogP contribution in [0.4, 0.5) is 0 Å². The van der Waals surface area contributed by atoms with E-state index in [4.69, 9.17) is 11.6 Å². The highest BCUT2D eigenvalue weighted by atomic mass is 35.5. The molecule has 0 bridgehead atoms. The van der Waals surface area contributed by atoms with Crippen LogP contribution in [0.1, 0.15) is 38.4 Å². The molecule has 0 amide bonds. The van der Waals surface area contributed by atoms with Crippen LogP contribution < -0.4 is 0 Å². The summed E-state index contributed by atoms with van der Waals surface area (Å²) >= 11 is 6.04. The van der Waals surface area contributed by atoms with E-state index < -0.39 is 0 Å². The standard InChI is InChI=1S/C15H20ClN3/c1-11-2-4-12(5-3-11)10-19-14-6-7-17-9-13(14)18-15(19)8-16/h6-7,9,11-12H,2-5,8,10H2,1H3. The Hall–Kier alpha value is -1.09. The van der Waals surface area contributed by atoms with Gasteiger partial charge in [0.15, 0.2) is 0 Å². The van der Waals surface area contributed by atoms with Crippen molar-refractivity contribution >= 4 is 22.6 Å². The number of pyridine rings is 1. The molecule has 2 aromatic rings. The monoisotopic (exact) mass is 277 g/mol. The molecule has 1 aliphatic rings. The molecule has 0 atom stereocenters. The van der Waals surface area contributed by atoms with Crippen LogP contribution in [-0.2, 0) is 12.4 Å². The Kier molecular flexibility index (Phi) is 3.74. The molecule has 0 unspecified atom stereocenters. The number of hydrogen-bond donors (Lipinski definition) is 0. The SMILES string of the molecule is CC1CCC(Cn2c(CCl)nc3cnccc32)CC1. The first-order valence-corrected chi connectivity index (χ1v) is 7.66. The van der Waals surface area contributed by atoms with Crippen LogP contribution in [0.5, 0.6) is 0 Å². The van der Waals surface area contributed by atoms with Gasteiger partial charge in [-0.15, -0.1) is 11.6 Å². The van der Waals surface area contributed by atoms with E-state index in [1.165, 1.54) is 31.2 Å². The van der Waals surface area contributed by atoms with Gasteiger partial charge in [0, 0.05) is 12.7 Å². The van der Waals surface area contributed by atoms with Gasteiger partial charge in [-0.05, 0) is 30.7 Å². The van der Waals surface area contributed by atoms with Crippen LogP contribution in [0, 0.1) is 11.8 Å². The first-order valence-electron chi connectivity index (χ1n) is 7.13. The van der Waals surface area contributed by atoms with E-state index in [1.807, 2.05) is 18.5 Å². The normalized spacial score (nSPS) is 23.9. The fourth-order valence-corrected chi connectivity index (χ4v) is 3.31. The minimum absolute atomic E-state index is 0.470. The average molecular weight is 278 g/mol. The first-order chi connectivity index (χ1) is 9.28. The summed E-state index contributed by atoms with van der Waals surface area (Å²) < 4.78 is 2.30. The summed E-state index contributed by atoms with van der Waals surface area (Å²) in [5.41, 5.74) is 2.13. The first kappa shape index (κ1) is 12.9. The van der Waals surface area contributed by atoms with Crippen molar-refractivity contribution in [2.75, 3.05) is 0 Å². The molecule has 1 saturated carbocycles. The Morgan fingerprint density at radius 1 is 1.32 bits per heavy atom. The fourth-order valence-electron chi connectivity index (χ4n) is 3.11. The predicted octanol–water partition coefficient (Wildman–Crippen LogP) is 4.00. The highest BCUT2D eigenvalue weighted by molar-refractivity contribution is 6.16. The number of alkyl halides is 1. The summed E-state index contributed by atoms with van der Waals surface area (Å²) in [7, 11) is 0. The van der Waals surface area contributed by atoms with E-state index in [2.05, 4.69) is 21.5 Å². The lowest BCUT2D eigenvalue weighted by Gasteiger charge is -2.27. The van der Waals surface area contributed by atoms with E-state index in [0.717, 1.165) is 29.7 Å². The number of hydrogen-bond acceptors (Lipinski definition) is 2. The van der Waals surface area contributed by atoms with Crippen molar-refractivity contribution in [2.24, 2.45) is 11.8 Å².